The van der Waals surface area contributed by atoms with Crippen LogP contribution in [0.25, 0.3) is 0 Å². The maximum Gasteiger partial charge on any atom is 0.0827 e. The van der Waals surface area contributed by atoms with E-state index in [0.717, 1.165) is 13.1 Å². The van der Waals surface area contributed by atoms with Crippen LogP contribution in [0.1, 0.15) is 18.1 Å². The minimum absolute atomic E-state index is 0.00270. The summed E-state index contributed by atoms with van der Waals surface area (Å²) in [6, 6.07) is 20.6. The van der Waals surface area contributed by atoms with Crippen LogP contribution in [0.3, 0.4) is 0 Å². The molecule has 112 valence electrons. The Bertz CT molecular complexity index is 476. The van der Waals surface area contributed by atoms with E-state index in [1.165, 1.54) is 11.1 Å². The van der Waals surface area contributed by atoms with Gasteiger partial charge in [0.25, 0.3) is 0 Å². The summed E-state index contributed by atoms with van der Waals surface area (Å²) in [5, 5.41) is 10.1. The zero-order chi connectivity index (χ0) is 15.1. The zero-order valence-electron chi connectivity index (χ0n) is 12.3. The predicted molar refractivity (Wildman–Crippen MR) is 88.3 cm³/mol. The first kappa shape index (κ1) is 16.0. The van der Waals surface area contributed by atoms with E-state index >= 15 is 0 Å². The summed E-state index contributed by atoms with van der Waals surface area (Å²) in [5.74, 6) is 0.251. The first-order valence-electron chi connectivity index (χ1n) is 7.26. The summed E-state index contributed by atoms with van der Waals surface area (Å²) in [4.78, 5) is 2.26. The van der Waals surface area contributed by atoms with E-state index in [1.807, 2.05) is 43.3 Å². The molecule has 0 heterocycles. The second-order valence-corrected chi connectivity index (χ2v) is 5.65. The smallest absolute Gasteiger partial charge is 0.0827 e. The van der Waals surface area contributed by atoms with Crippen LogP contribution in [0.15, 0.2) is 60.7 Å². The van der Waals surface area contributed by atoms with Crippen molar-refractivity contribution in [1.82, 2.24) is 4.90 Å². The SMILES string of the molecule is CC(C(O)CCl)N(Cc1ccccc1)Cc1ccccc1. The standard InChI is InChI=1S/C18H22ClNO/c1-15(18(21)12-19)20(13-16-8-4-2-5-9-16)14-17-10-6-3-7-11-17/h2-11,15,18,21H,12-14H2,1H3. The van der Waals surface area contributed by atoms with E-state index in [-0.39, 0.29) is 11.9 Å². The quantitative estimate of drug-likeness (QED) is 0.789. The molecule has 0 radical (unpaired) electrons. The number of hydrogen-bond acceptors (Lipinski definition) is 2. The van der Waals surface area contributed by atoms with Gasteiger partial charge in [-0.1, -0.05) is 60.7 Å². The Morgan fingerprint density at radius 1 is 0.905 bits per heavy atom. The fourth-order valence-corrected chi connectivity index (χ4v) is 2.61. The molecule has 0 aliphatic heterocycles. The summed E-state index contributed by atoms with van der Waals surface area (Å²) in [5.41, 5.74) is 2.48. The normalized spacial score (nSPS) is 14.1. The van der Waals surface area contributed by atoms with Gasteiger partial charge in [-0.15, -0.1) is 11.6 Å². The van der Waals surface area contributed by atoms with Crippen molar-refractivity contribution >= 4 is 11.6 Å². The zero-order valence-corrected chi connectivity index (χ0v) is 13.1. The number of halogens is 1. The number of hydrogen-bond donors (Lipinski definition) is 1. The summed E-state index contributed by atoms with van der Waals surface area (Å²) >= 11 is 5.82. The monoisotopic (exact) mass is 303 g/mol. The van der Waals surface area contributed by atoms with E-state index < -0.39 is 6.10 Å². The largest absolute Gasteiger partial charge is 0.390 e. The first-order chi connectivity index (χ1) is 10.2. The highest BCUT2D eigenvalue weighted by Gasteiger charge is 2.21. The molecule has 0 saturated carbocycles. The Kier molecular flexibility index (Phi) is 6.24. The number of nitrogens with zero attached hydrogens (tertiary/aromatic N) is 1. The molecule has 21 heavy (non-hydrogen) atoms. The molecule has 0 spiro atoms. The Labute approximate surface area is 132 Å². The van der Waals surface area contributed by atoms with Crippen molar-refractivity contribution in [2.75, 3.05) is 5.88 Å². The fourth-order valence-electron chi connectivity index (χ4n) is 2.35. The molecule has 2 unspecified atom stereocenters. The molecule has 2 aromatic carbocycles. The molecule has 1 N–H and O–H groups in total. The maximum absolute atomic E-state index is 10.1. The molecule has 0 aliphatic rings. The lowest BCUT2D eigenvalue weighted by Crippen LogP contribution is -2.41. The molecule has 0 fully saturated rings. The minimum Gasteiger partial charge on any atom is -0.390 e. The highest BCUT2D eigenvalue weighted by atomic mass is 35.5. The average molecular weight is 304 g/mol. The molecule has 2 atom stereocenters. The molecule has 0 aliphatic carbocycles. The van der Waals surface area contributed by atoms with E-state index in [4.69, 9.17) is 11.6 Å². The average Bonchev–Trinajstić information content (AvgIpc) is 2.54. The van der Waals surface area contributed by atoms with Gasteiger partial charge in [0.15, 0.2) is 0 Å². The van der Waals surface area contributed by atoms with Crippen molar-refractivity contribution in [2.24, 2.45) is 0 Å². The topological polar surface area (TPSA) is 23.5 Å². The van der Waals surface area contributed by atoms with Gasteiger partial charge in [-0.25, -0.2) is 0 Å². The third-order valence-corrected chi connectivity index (χ3v) is 4.06. The van der Waals surface area contributed by atoms with Gasteiger partial charge >= 0.3 is 0 Å². The van der Waals surface area contributed by atoms with Crippen molar-refractivity contribution in [3.05, 3.63) is 71.8 Å². The minimum atomic E-state index is -0.529. The van der Waals surface area contributed by atoms with Gasteiger partial charge in [0.2, 0.25) is 0 Å². The highest BCUT2D eigenvalue weighted by Crippen LogP contribution is 2.16. The molecular weight excluding hydrogens is 282 g/mol. The van der Waals surface area contributed by atoms with Gasteiger partial charge in [0.1, 0.15) is 0 Å². The number of aliphatic hydroxyl groups is 1. The van der Waals surface area contributed by atoms with Crippen LogP contribution < -0.4 is 0 Å². The molecule has 2 rings (SSSR count). The van der Waals surface area contributed by atoms with Crippen LogP contribution in [0.4, 0.5) is 0 Å². The molecule has 2 nitrogen and oxygen atoms in total. The van der Waals surface area contributed by atoms with Crippen molar-refractivity contribution < 1.29 is 5.11 Å². The number of alkyl halides is 1. The molecule has 0 amide bonds. The maximum atomic E-state index is 10.1. The van der Waals surface area contributed by atoms with Gasteiger partial charge in [-0.05, 0) is 18.1 Å². The van der Waals surface area contributed by atoms with Gasteiger partial charge in [0, 0.05) is 25.0 Å². The molecule has 3 heteroatoms. The van der Waals surface area contributed by atoms with Crippen LogP contribution >= 0.6 is 11.6 Å². The van der Waals surface area contributed by atoms with Crippen LogP contribution in [-0.4, -0.2) is 28.0 Å². The van der Waals surface area contributed by atoms with Gasteiger partial charge in [-0.3, -0.25) is 4.90 Å². The Balaban J connectivity index is 2.13. The summed E-state index contributed by atoms with van der Waals surface area (Å²) in [7, 11) is 0. The van der Waals surface area contributed by atoms with E-state index in [0.29, 0.717) is 0 Å². The van der Waals surface area contributed by atoms with Crippen molar-refractivity contribution in [3.8, 4) is 0 Å². The lowest BCUT2D eigenvalue weighted by molar-refractivity contribution is 0.0631. The molecule has 0 aromatic heterocycles. The van der Waals surface area contributed by atoms with Crippen LogP contribution in [0.2, 0.25) is 0 Å². The van der Waals surface area contributed by atoms with E-state index in [2.05, 4.69) is 29.2 Å². The van der Waals surface area contributed by atoms with Crippen LogP contribution in [0.5, 0.6) is 0 Å². The number of benzene rings is 2. The first-order valence-corrected chi connectivity index (χ1v) is 7.80. The highest BCUT2D eigenvalue weighted by molar-refractivity contribution is 6.18. The Morgan fingerprint density at radius 2 is 1.33 bits per heavy atom. The predicted octanol–water partition coefficient (Wildman–Crippen LogP) is 3.68. The molecule has 2 aromatic rings. The lowest BCUT2D eigenvalue weighted by Gasteiger charge is -2.32. The fraction of sp³-hybridized carbons (Fsp3) is 0.333. The second kappa shape index (κ2) is 8.18. The van der Waals surface area contributed by atoms with E-state index in [9.17, 15) is 5.11 Å². The summed E-state index contributed by atoms with van der Waals surface area (Å²) < 4.78 is 0. The number of rotatable bonds is 7. The van der Waals surface area contributed by atoms with Crippen molar-refractivity contribution in [2.45, 2.75) is 32.2 Å². The molecule has 0 bridgehead atoms. The third-order valence-electron chi connectivity index (χ3n) is 3.75. The van der Waals surface area contributed by atoms with Gasteiger partial charge < -0.3 is 5.11 Å². The number of aliphatic hydroxyl groups excluding tert-OH is 1. The molecular formula is C18H22ClNO. The summed E-state index contributed by atoms with van der Waals surface area (Å²) in [6.45, 7) is 3.62. The van der Waals surface area contributed by atoms with Crippen LogP contribution in [0, 0.1) is 0 Å². The van der Waals surface area contributed by atoms with Crippen molar-refractivity contribution in [1.29, 1.82) is 0 Å². The van der Waals surface area contributed by atoms with E-state index in [1.54, 1.807) is 0 Å². The van der Waals surface area contributed by atoms with Crippen molar-refractivity contribution in [3.63, 3.8) is 0 Å². The summed E-state index contributed by atoms with van der Waals surface area (Å²) in [6.07, 6.45) is -0.529. The lowest BCUT2D eigenvalue weighted by atomic mass is 10.1. The van der Waals surface area contributed by atoms with Gasteiger partial charge in [0.05, 0.1) is 6.10 Å². The Hall–Kier alpha value is -1.35. The van der Waals surface area contributed by atoms with Crippen LogP contribution in [-0.2, 0) is 13.1 Å². The molecule has 0 saturated heterocycles. The second-order valence-electron chi connectivity index (χ2n) is 5.34. The Morgan fingerprint density at radius 3 is 1.71 bits per heavy atom. The third kappa shape index (κ3) is 4.85. The van der Waals surface area contributed by atoms with Gasteiger partial charge in [-0.2, -0.15) is 0 Å².